The van der Waals surface area contributed by atoms with Crippen LogP contribution in [0.2, 0.25) is 5.02 Å². The predicted molar refractivity (Wildman–Crippen MR) is 101 cm³/mol. The normalized spacial score (nSPS) is 10.9. The molecule has 0 bridgehead atoms. The molecule has 2 heterocycles. The van der Waals surface area contributed by atoms with Gasteiger partial charge in [-0.15, -0.1) is 0 Å². The maximum absolute atomic E-state index is 6.54. The maximum Gasteiger partial charge on any atom is 0.222 e. The SMILES string of the molecule is Cc1cc(Nc2nc(N)nc(-c3cc(C)c(Br)cc3C)c2Cl)n[nH]1. The van der Waals surface area contributed by atoms with Gasteiger partial charge in [0, 0.05) is 21.8 Å². The zero-order valence-electron chi connectivity index (χ0n) is 13.4. The number of aryl methyl sites for hydroxylation is 3. The first-order chi connectivity index (χ1) is 11.3. The molecule has 0 saturated heterocycles. The monoisotopic (exact) mass is 406 g/mol. The van der Waals surface area contributed by atoms with Crippen LogP contribution in [0.3, 0.4) is 0 Å². The standard InChI is InChI=1S/C16H16BrClN6/c1-7-5-11(17)8(2)4-10(7)14-13(18)15(22-16(19)21-14)20-12-6-9(3)23-24-12/h4-6H,1-3H3,(H4,19,20,21,22,23,24). The van der Waals surface area contributed by atoms with Crippen LogP contribution in [0.5, 0.6) is 0 Å². The first-order valence-corrected chi connectivity index (χ1v) is 8.41. The average Bonchev–Trinajstić information content (AvgIpc) is 2.92. The molecule has 6 nitrogen and oxygen atoms in total. The van der Waals surface area contributed by atoms with E-state index in [2.05, 4.69) is 41.4 Å². The van der Waals surface area contributed by atoms with Crippen LogP contribution in [0.4, 0.5) is 17.6 Å². The fourth-order valence-corrected chi connectivity index (χ4v) is 3.06. The fraction of sp³-hybridized carbons (Fsp3) is 0.188. The first kappa shape index (κ1) is 16.7. The molecule has 0 unspecified atom stereocenters. The molecule has 124 valence electrons. The van der Waals surface area contributed by atoms with Crippen molar-refractivity contribution in [2.24, 2.45) is 0 Å². The second kappa shape index (κ2) is 6.41. The molecule has 3 rings (SSSR count). The molecule has 8 heteroatoms. The third-order valence-electron chi connectivity index (χ3n) is 3.58. The van der Waals surface area contributed by atoms with E-state index >= 15 is 0 Å². The fourth-order valence-electron chi connectivity index (χ4n) is 2.37. The minimum atomic E-state index is 0.143. The molecule has 0 spiro atoms. The van der Waals surface area contributed by atoms with E-state index < -0.39 is 0 Å². The van der Waals surface area contributed by atoms with Crippen LogP contribution in [0.15, 0.2) is 22.7 Å². The Morgan fingerprint density at radius 2 is 1.88 bits per heavy atom. The second-order valence-corrected chi connectivity index (χ2v) is 6.80. The Hall–Kier alpha value is -2.12. The van der Waals surface area contributed by atoms with E-state index in [9.17, 15) is 0 Å². The molecule has 4 N–H and O–H groups in total. The van der Waals surface area contributed by atoms with Crippen LogP contribution in [-0.4, -0.2) is 20.2 Å². The number of aromatic amines is 1. The summed E-state index contributed by atoms with van der Waals surface area (Å²) in [6, 6.07) is 5.91. The molecule has 0 atom stereocenters. The quantitative estimate of drug-likeness (QED) is 0.593. The molecule has 0 fully saturated rings. The summed E-state index contributed by atoms with van der Waals surface area (Å²) in [7, 11) is 0. The molecular formula is C16H16BrClN6. The summed E-state index contributed by atoms with van der Waals surface area (Å²) >= 11 is 10.1. The van der Waals surface area contributed by atoms with E-state index in [4.69, 9.17) is 17.3 Å². The van der Waals surface area contributed by atoms with Gasteiger partial charge in [-0.25, -0.2) is 4.98 Å². The number of hydrogen-bond acceptors (Lipinski definition) is 5. The van der Waals surface area contributed by atoms with E-state index in [1.807, 2.05) is 39.0 Å². The number of nitrogens with two attached hydrogens (primary N) is 1. The Balaban J connectivity index is 2.11. The molecular weight excluding hydrogens is 392 g/mol. The number of benzene rings is 1. The Morgan fingerprint density at radius 3 is 2.54 bits per heavy atom. The van der Waals surface area contributed by atoms with Crippen molar-refractivity contribution in [2.45, 2.75) is 20.8 Å². The third-order valence-corrected chi connectivity index (χ3v) is 4.79. The summed E-state index contributed by atoms with van der Waals surface area (Å²) in [5.41, 5.74) is 10.4. The maximum atomic E-state index is 6.54. The minimum absolute atomic E-state index is 0.143. The van der Waals surface area contributed by atoms with Gasteiger partial charge in [-0.2, -0.15) is 10.1 Å². The number of aromatic nitrogens is 4. The molecule has 0 aliphatic heterocycles. The van der Waals surface area contributed by atoms with Crippen molar-refractivity contribution in [3.8, 4) is 11.3 Å². The van der Waals surface area contributed by atoms with Gasteiger partial charge < -0.3 is 11.1 Å². The van der Waals surface area contributed by atoms with E-state index in [0.29, 0.717) is 22.4 Å². The number of rotatable bonds is 3. The van der Waals surface area contributed by atoms with Crippen LogP contribution in [-0.2, 0) is 0 Å². The molecule has 24 heavy (non-hydrogen) atoms. The van der Waals surface area contributed by atoms with E-state index in [0.717, 1.165) is 26.9 Å². The molecule has 2 aromatic heterocycles. The predicted octanol–water partition coefficient (Wildman–Crippen LogP) is 4.53. The van der Waals surface area contributed by atoms with Crippen LogP contribution in [0, 0.1) is 20.8 Å². The number of halogens is 2. The Morgan fingerprint density at radius 1 is 1.12 bits per heavy atom. The lowest BCUT2D eigenvalue weighted by atomic mass is 10.0. The van der Waals surface area contributed by atoms with Crippen molar-refractivity contribution in [3.05, 3.63) is 44.5 Å². The van der Waals surface area contributed by atoms with Crippen LogP contribution in [0.25, 0.3) is 11.3 Å². The Kier molecular flexibility index (Phi) is 4.47. The van der Waals surface area contributed by atoms with Crippen molar-refractivity contribution >= 4 is 45.1 Å². The zero-order chi connectivity index (χ0) is 17.4. The lowest BCUT2D eigenvalue weighted by Crippen LogP contribution is -2.04. The van der Waals surface area contributed by atoms with Gasteiger partial charge >= 0.3 is 0 Å². The molecule has 0 aliphatic carbocycles. The van der Waals surface area contributed by atoms with Gasteiger partial charge in [0.2, 0.25) is 5.95 Å². The van der Waals surface area contributed by atoms with Crippen molar-refractivity contribution in [1.82, 2.24) is 20.2 Å². The number of nitrogen functional groups attached to an aromatic ring is 1. The summed E-state index contributed by atoms with van der Waals surface area (Å²) in [5, 5.41) is 10.5. The number of nitrogens with zero attached hydrogens (tertiary/aromatic N) is 3. The molecule has 0 amide bonds. The van der Waals surface area contributed by atoms with Crippen molar-refractivity contribution < 1.29 is 0 Å². The van der Waals surface area contributed by atoms with Crippen molar-refractivity contribution in [3.63, 3.8) is 0 Å². The van der Waals surface area contributed by atoms with Gasteiger partial charge in [0.1, 0.15) is 5.02 Å². The zero-order valence-corrected chi connectivity index (χ0v) is 15.7. The summed E-state index contributed by atoms with van der Waals surface area (Å²) in [5.74, 6) is 1.18. The Bertz CT molecular complexity index is 921. The van der Waals surface area contributed by atoms with E-state index in [-0.39, 0.29) is 5.95 Å². The summed E-state index contributed by atoms with van der Waals surface area (Å²) in [6.45, 7) is 5.92. The number of hydrogen-bond donors (Lipinski definition) is 3. The highest BCUT2D eigenvalue weighted by Gasteiger charge is 2.17. The molecule has 0 aliphatic rings. The van der Waals surface area contributed by atoms with Gasteiger partial charge in [-0.05, 0) is 44.0 Å². The van der Waals surface area contributed by atoms with Crippen LogP contribution < -0.4 is 11.1 Å². The average molecular weight is 408 g/mol. The van der Waals surface area contributed by atoms with E-state index in [1.165, 1.54) is 0 Å². The smallest absolute Gasteiger partial charge is 0.222 e. The number of anilines is 3. The van der Waals surface area contributed by atoms with Gasteiger partial charge in [0.25, 0.3) is 0 Å². The Labute approximate surface area is 153 Å². The highest BCUT2D eigenvalue weighted by molar-refractivity contribution is 9.10. The summed E-state index contributed by atoms with van der Waals surface area (Å²) < 4.78 is 1.03. The highest BCUT2D eigenvalue weighted by Crippen LogP contribution is 2.36. The summed E-state index contributed by atoms with van der Waals surface area (Å²) in [4.78, 5) is 8.53. The molecule has 0 saturated carbocycles. The van der Waals surface area contributed by atoms with Gasteiger partial charge in [-0.1, -0.05) is 27.5 Å². The van der Waals surface area contributed by atoms with Crippen LogP contribution >= 0.6 is 27.5 Å². The molecule has 1 aromatic carbocycles. The largest absolute Gasteiger partial charge is 0.368 e. The van der Waals surface area contributed by atoms with Crippen LogP contribution in [0.1, 0.15) is 16.8 Å². The van der Waals surface area contributed by atoms with Crippen molar-refractivity contribution in [1.29, 1.82) is 0 Å². The molecule has 0 radical (unpaired) electrons. The van der Waals surface area contributed by atoms with Gasteiger partial charge in [0.05, 0.1) is 5.69 Å². The topological polar surface area (TPSA) is 92.5 Å². The van der Waals surface area contributed by atoms with Crippen molar-refractivity contribution in [2.75, 3.05) is 11.1 Å². The molecule has 3 aromatic rings. The minimum Gasteiger partial charge on any atom is -0.368 e. The second-order valence-electron chi connectivity index (χ2n) is 5.57. The first-order valence-electron chi connectivity index (χ1n) is 7.24. The highest BCUT2D eigenvalue weighted by atomic mass is 79.9. The lowest BCUT2D eigenvalue weighted by molar-refractivity contribution is 1.05. The summed E-state index contributed by atoms with van der Waals surface area (Å²) in [6.07, 6.45) is 0. The van der Waals surface area contributed by atoms with Gasteiger partial charge in [-0.3, -0.25) is 5.10 Å². The number of nitrogens with one attached hydrogen (secondary N) is 2. The van der Waals surface area contributed by atoms with E-state index in [1.54, 1.807) is 0 Å². The lowest BCUT2D eigenvalue weighted by Gasteiger charge is -2.13. The third kappa shape index (κ3) is 3.22. The number of H-pyrrole nitrogens is 1. The van der Waals surface area contributed by atoms with Gasteiger partial charge in [0.15, 0.2) is 11.6 Å².